The number of aromatic nitrogens is 2. The summed E-state index contributed by atoms with van der Waals surface area (Å²) in [6.45, 7) is 4.61. The molecule has 10 nitrogen and oxygen atoms in total. The first-order valence-electron chi connectivity index (χ1n) is 13.6. The zero-order valence-electron chi connectivity index (χ0n) is 22.6. The SMILES string of the molecule is CC(C)(Oc1ccnc(N2CCC3(CC2)C(=O)N(CC2CCC2)C(=O)N3CCc2ccc(Cl)cc2Cl)n1)C(=O)O. The first-order chi connectivity index (χ1) is 19.0. The number of rotatable bonds is 9. The van der Waals surface area contributed by atoms with E-state index in [4.69, 9.17) is 27.9 Å². The van der Waals surface area contributed by atoms with Gasteiger partial charge in [0.15, 0.2) is 0 Å². The van der Waals surface area contributed by atoms with E-state index in [2.05, 4.69) is 9.97 Å². The van der Waals surface area contributed by atoms with Crippen LogP contribution in [0.5, 0.6) is 5.88 Å². The topological polar surface area (TPSA) is 116 Å². The molecule has 1 aliphatic carbocycles. The van der Waals surface area contributed by atoms with Gasteiger partial charge in [0, 0.05) is 48.5 Å². The highest BCUT2D eigenvalue weighted by Gasteiger charge is 2.58. The number of aliphatic carboxylic acids is 1. The normalized spacial score (nSPS) is 19.4. The van der Waals surface area contributed by atoms with Gasteiger partial charge >= 0.3 is 12.0 Å². The Kier molecular flexibility index (Phi) is 7.85. The third-order valence-corrected chi connectivity index (χ3v) is 8.86. The van der Waals surface area contributed by atoms with E-state index < -0.39 is 17.1 Å². The second-order valence-corrected chi connectivity index (χ2v) is 12.1. The number of carbonyl (C=O) groups excluding carboxylic acids is 2. The van der Waals surface area contributed by atoms with Crippen LogP contribution in [0.15, 0.2) is 30.5 Å². The highest BCUT2D eigenvalue weighted by molar-refractivity contribution is 6.35. The molecule has 2 aliphatic heterocycles. The van der Waals surface area contributed by atoms with Gasteiger partial charge in [0.2, 0.25) is 17.4 Å². The maximum atomic E-state index is 13.9. The summed E-state index contributed by atoms with van der Waals surface area (Å²) in [5, 5.41) is 10.5. The number of halogens is 2. The highest BCUT2D eigenvalue weighted by atomic mass is 35.5. The van der Waals surface area contributed by atoms with Crippen LogP contribution in [0.2, 0.25) is 10.0 Å². The molecule has 40 heavy (non-hydrogen) atoms. The Morgan fingerprint density at radius 1 is 1.18 bits per heavy atom. The van der Waals surface area contributed by atoms with Gasteiger partial charge < -0.3 is 19.6 Å². The third kappa shape index (κ3) is 5.43. The number of anilines is 1. The largest absolute Gasteiger partial charge is 0.478 e. The number of hydrogen-bond acceptors (Lipinski definition) is 7. The first kappa shape index (κ1) is 28.4. The molecule has 2 saturated heterocycles. The van der Waals surface area contributed by atoms with Crippen molar-refractivity contribution in [2.24, 2.45) is 5.92 Å². The molecule has 1 saturated carbocycles. The molecule has 1 aromatic heterocycles. The average Bonchev–Trinajstić information content (AvgIpc) is 3.06. The first-order valence-corrected chi connectivity index (χ1v) is 14.3. The van der Waals surface area contributed by atoms with Gasteiger partial charge in [-0.05, 0) is 69.6 Å². The molecular weight excluding hydrogens is 557 g/mol. The van der Waals surface area contributed by atoms with Crippen LogP contribution in [0.4, 0.5) is 10.7 Å². The van der Waals surface area contributed by atoms with Crippen LogP contribution >= 0.6 is 23.2 Å². The zero-order chi connectivity index (χ0) is 28.7. The lowest BCUT2D eigenvalue weighted by Crippen LogP contribution is -2.57. The quantitative estimate of drug-likeness (QED) is 0.419. The summed E-state index contributed by atoms with van der Waals surface area (Å²) >= 11 is 12.5. The van der Waals surface area contributed by atoms with E-state index in [-0.39, 0.29) is 17.8 Å². The molecule has 3 amide bonds. The fourth-order valence-electron chi connectivity index (χ4n) is 5.55. The number of carboxylic acid groups (broad SMARTS) is 1. The van der Waals surface area contributed by atoms with Crippen LogP contribution in [0.1, 0.15) is 51.5 Å². The molecule has 0 bridgehead atoms. The molecule has 1 aromatic carbocycles. The molecule has 3 heterocycles. The molecular formula is C28H33Cl2N5O5. The minimum atomic E-state index is -1.45. The number of piperidine rings is 1. The summed E-state index contributed by atoms with van der Waals surface area (Å²) in [5.74, 6) is -0.341. The van der Waals surface area contributed by atoms with Gasteiger partial charge in [-0.25, -0.2) is 14.6 Å². The van der Waals surface area contributed by atoms with Crippen molar-refractivity contribution in [2.45, 2.75) is 63.5 Å². The Hall–Kier alpha value is -3.11. The maximum absolute atomic E-state index is 13.9. The monoisotopic (exact) mass is 589 g/mol. The fourth-order valence-corrected chi connectivity index (χ4v) is 6.05. The lowest BCUT2D eigenvalue weighted by Gasteiger charge is -2.42. The molecule has 3 aliphatic rings. The van der Waals surface area contributed by atoms with Crippen molar-refractivity contribution >= 4 is 47.1 Å². The average molecular weight is 591 g/mol. The summed E-state index contributed by atoms with van der Waals surface area (Å²) in [6.07, 6.45) is 6.06. The molecule has 1 N–H and O–H groups in total. The predicted octanol–water partition coefficient (Wildman–Crippen LogP) is 4.67. The molecule has 5 rings (SSSR count). The Balaban J connectivity index is 1.34. The van der Waals surface area contributed by atoms with Crippen molar-refractivity contribution in [3.8, 4) is 5.88 Å². The number of urea groups is 1. The van der Waals surface area contributed by atoms with E-state index in [0.717, 1.165) is 24.8 Å². The summed E-state index contributed by atoms with van der Waals surface area (Å²) in [6, 6.07) is 6.58. The van der Waals surface area contributed by atoms with E-state index >= 15 is 0 Å². The molecule has 2 aromatic rings. The van der Waals surface area contributed by atoms with Gasteiger partial charge in [0.25, 0.3) is 5.91 Å². The fraction of sp³-hybridized carbons (Fsp3) is 0.536. The molecule has 0 atom stereocenters. The maximum Gasteiger partial charge on any atom is 0.347 e. The molecule has 3 fully saturated rings. The number of carbonyl (C=O) groups is 3. The second kappa shape index (κ2) is 11.0. The Morgan fingerprint density at radius 2 is 1.90 bits per heavy atom. The molecule has 12 heteroatoms. The lowest BCUT2D eigenvalue weighted by atomic mass is 9.83. The Labute approximate surface area is 243 Å². The number of nitrogens with zero attached hydrogens (tertiary/aromatic N) is 5. The summed E-state index contributed by atoms with van der Waals surface area (Å²) < 4.78 is 5.58. The van der Waals surface area contributed by atoms with Crippen LogP contribution < -0.4 is 9.64 Å². The van der Waals surface area contributed by atoms with Crippen molar-refractivity contribution in [1.82, 2.24) is 19.8 Å². The molecule has 0 radical (unpaired) electrons. The van der Waals surface area contributed by atoms with Crippen molar-refractivity contribution in [3.05, 3.63) is 46.1 Å². The van der Waals surface area contributed by atoms with E-state index in [9.17, 15) is 19.5 Å². The molecule has 0 unspecified atom stereocenters. The van der Waals surface area contributed by atoms with Crippen molar-refractivity contribution in [3.63, 3.8) is 0 Å². The smallest absolute Gasteiger partial charge is 0.347 e. The summed E-state index contributed by atoms with van der Waals surface area (Å²) in [4.78, 5) is 53.0. The summed E-state index contributed by atoms with van der Waals surface area (Å²) in [5.41, 5.74) is -1.54. The minimum Gasteiger partial charge on any atom is -0.478 e. The van der Waals surface area contributed by atoms with Gasteiger partial charge in [0.05, 0.1) is 0 Å². The van der Waals surface area contributed by atoms with E-state index in [1.807, 2.05) is 11.0 Å². The van der Waals surface area contributed by atoms with Gasteiger partial charge in [-0.3, -0.25) is 9.69 Å². The van der Waals surface area contributed by atoms with Gasteiger partial charge in [0.1, 0.15) is 5.54 Å². The van der Waals surface area contributed by atoms with Crippen LogP contribution in [0.3, 0.4) is 0 Å². The highest BCUT2D eigenvalue weighted by Crippen LogP contribution is 2.40. The van der Waals surface area contributed by atoms with Gasteiger partial charge in [-0.2, -0.15) is 4.98 Å². The number of benzene rings is 1. The number of amides is 3. The van der Waals surface area contributed by atoms with E-state index in [1.165, 1.54) is 31.0 Å². The number of hydrogen-bond donors (Lipinski definition) is 1. The van der Waals surface area contributed by atoms with Crippen LogP contribution in [-0.4, -0.2) is 80.1 Å². The van der Waals surface area contributed by atoms with Crippen molar-refractivity contribution in [1.29, 1.82) is 0 Å². The van der Waals surface area contributed by atoms with E-state index in [0.29, 0.717) is 67.4 Å². The van der Waals surface area contributed by atoms with Crippen LogP contribution in [0, 0.1) is 5.92 Å². The van der Waals surface area contributed by atoms with Crippen LogP contribution in [-0.2, 0) is 16.0 Å². The number of ether oxygens (including phenoxy) is 1. The predicted molar refractivity (Wildman–Crippen MR) is 150 cm³/mol. The standard InChI is InChI=1S/C28H33Cl2N5O5/c1-27(2,24(37)38)40-22-8-12-31-25(32-22)33-14-10-28(11-15-33)23(36)34(17-18-4-3-5-18)26(39)35(28)13-9-19-6-7-20(29)16-21(19)30/h6-8,12,16,18H,3-5,9-11,13-15,17H2,1-2H3,(H,37,38). The minimum absolute atomic E-state index is 0.132. The summed E-state index contributed by atoms with van der Waals surface area (Å²) in [7, 11) is 0. The molecule has 214 valence electrons. The van der Waals surface area contributed by atoms with Crippen molar-refractivity contribution < 1.29 is 24.2 Å². The zero-order valence-corrected chi connectivity index (χ0v) is 24.1. The lowest BCUT2D eigenvalue weighted by molar-refractivity contribution is -0.152. The Bertz CT molecular complexity index is 1310. The Morgan fingerprint density at radius 3 is 2.52 bits per heavy atom. The van der Waals surface area contributed by atoms with Gasteiger partial charge in [-0.1, -0.05) is 35.7 Å². The van der Waals surface area contributed by atoms with Crippen molar-refractivity contribution in [2.75, 3.05) is 31.1 Å². The number of imide groups is 1. The van der Waals surface area contributed by atoms with Gasteiger partial charge in [-0.15, -0.1) is 0 Å². The molecule has 1 spiro atoms. The number of carboxylic acids is 1. The van der Waals surface area contributed by atoms with E-state index in [1.54, 1.807) is 17.0 Å². The van der Waals surface area contributed by atoms with Crippen LogP contribution in [0.25, 0.3) is 0 Å². The third-order valence-electron chi connectivity index (χ3n) is 8.27. The second-order valence-electron chi connectivity index (χ2n) is 11.3.